The maximum atomic E-state index is 11.7. The maximum Gasteiger partial charge on any atom is 0.338 e. The first-order valence-electron chi connectivity index (χ1n) is 6.43. The molecule has 2 aromatic rings. The van der Waals surface area contributed by atoms with E-state index in [0.29, 0.717) is 5.56 Å². The van der Waals surface area contributed by atoms with E-state index in [-0.39, 0.29) is 16.4 Å². The SMILES string of the molecule is O=C(COC(=O)c1ccccc1)Nc1ccc([N+](=O)[O-])cc1Cl. The quantitative estimate of drug-likeness (QED) is 0.514. The van der Waals surface area contributed by atoms with Crippen LogP contribution in [0.5, 0.6) is 0 Å². The molecular formula is C15H11ClN2O5. The molecule has 118 valence electrons. The van der Waals surface area contributed by atoms with Crippen LogP contribution in [0.4, 0.5) is 11.4 Å². The summed E-state index contributed by atoms with van der Waals surface area (Å²) in [6, 6.07) is 11.9. The fourth-order valence-electron chi connectivity index (χ4n) is 1.69. The van der Waals surface area contributed by atoms with Gasteiger partial charge in [-0.1, -0.05) is 29.8 Å². The summed E-state index contributed by atoms with van der Waals surface area (Å²) in [5.41, 5.74) is 0.329. The first kappa shape index (κ1) is 16.4. The summed E-state index contributed by atoms with van der Waals surface area (Å²) in [6.45, 7) is -0.499. The summed E-state index contributed by atoms with van der Waals surface area (Å²) < 4.78 is 4.86. The fraction of sp³-hybridized carbons (Fsp3) is 0.0667. The Bertz CT molecular complexity index is 749. The van der Waals surface area contributed by atoms with Crippen LogP contribution in [-0.4, -0.2) is 23.4 Å². The molecule has 0 fully saturated rings. The smallest absolute Gasteiger partial charge is 0.338 e. The van der Waals surface area contributed by atoms with Crippen LogP contribution >= 0.6 is 11.6 Å². The van der Waals surface area contributed by atoms with Crippen LogP contribution in [0.1, 0.15) is 10.4 Å². The number of ether oxygens (including phenoxy) is 1. The number of nitro groups is 1. The highest BCUT2D eigenvalue weighted by Crippen LogP contribution is 2.26. The highest BCUT2D eigenvalue weighted by atomic mass is 35.5. The van der Waals surface area contributed by atoms with Crippen LogP contribution < -0.4 is 5.32 Å². The molecule has 0 spiro atoms. The molecular weight excluding hydrogens is 324 g/mol. The lowest BCUT2D eigenvalue weighted by atomic mass is 10.2. The summed E-state index contributed by atoms with van der Waals surface area (Å²) in [6.07, 6.45) is 0. The van der Waals surface area contributed by atoms with Crippen molar-refractivity contribution >= 4 is 34.9 Å². The van der Waals surface area contributed by atoms with Crippen molar-refractivity contribution in [2.75, 3.05) is 11.9 Å². The number of hydrogen-bond donors (Lipinski definition) is 1. The Labute approximate surface area is 136 Å². The van der Waals surface area contributed by atoms with E-state index < -0.39 is 23.4 Å². The maximum absolute atomic E-state index is 11.7. The summed E-state index contributed by atoms with van der Waals surface area (Å²) >= 11 is 5.85. The fourth-order valence-corrected chi connectivity index (χ4v) is 1.92. The van der Waals surface area contributed by atoms with Crippen molar-refractivity contribution in [3.8, 4) is 0 Å². The summed E-state index contributed by atoms with van der Waals surface area (Å²) in [5.74, 6) is -1.24. The van der Waals surface area contributed by atoms with Crippen molar-refractivity contribution in [3.63, 3.8) is 0 Å². The van der Waals surface area contributed by atoms with E-state index in [1.807, 2.05) is 0 Å². The zero-order valence-corrected chi connectivity index (χ0v) is 12.4. The van der Waals surface area contributed by atoms with Gasteiger partial charge in [-0.3, -0.25) is 14.9 Å². The molecule has 0 heterocycles. The van der Waals surface area contributed by atoms with Crippen molar-refractivity contribution < 1.29 is 19.2 Å². The topological polar surface area (TPSA) is 98.5 Å². The third-order valence-electron chi connectivity index (χ3n) is 2.78. The molecule has 7 nitrogen and oxygen atoms in total. The lowest BCUT2D eigenvalue weighted by Gasteiger charge is -2.08. The molecule has 0 unspecified atom stereocenters. The molecule has 2 aromatic carbocycles. The van der Waals surface area contributed by atoms with Crippen LogP contribution in [0.15, 0.2) is 48.5 Å². The van der Waals surface area contributed by atoms with Crippen LogP contribution in [0.2, 0.25) is 5.02 Å². The normalized spacial score (nSPS) is 9.96. The van der Waals surface area contributed by atoms with Crippen molar-refractivity contribution in [1.82, 2.24) is 0 Å². The largest absolute Gasteiger partial charge is 0.452 e. The molecule has 0 saturated heterocycles. The second kappa shape index (κ2) is 7.37. The number of non-ortho nitro benzene ring substituents is 1. The molecule has 23 heavy (non-hydrogen) atoms. The standard InChI is InChI=1S/C15H11ClN2O5/c16-12-8-11(18(21)22)6-7-13(12)17-14(19)9-23-15(20)10-4-2-1-3-5-10/h1-8H,9H2,(H,17,19). The Morgan fingerprint density at radius 2 is 1.87 bits per heavy atom. The Hall–Kier alpha value is -2.93. The Balaban J connectivity index is 1.92. The van der Waals surface area contributed by atoms with Gasteiger partial charge in [0.15, 0.2) is 6.61 Å². The summed E-state index contributed by atoms with van der Waals surface area (Å²) in [7, 11) is 0. The highest BCUT2D eigenvalue weighted by Gasteiger charge is 2.13. The van der Waals surface area contributed by atoms with E-state index in [1.165, 1.54) is 12.1 Å². The number of nitrogens with one attached hydrogen (secondary N) is 1. The van der Waals surface area contributed by atoms with Crippen LogP contribution in [0.25, 0.3) is 0 Å². The van der Waals surface area contributed by atoms with Crippen LogP contribution in [0, 0.1) is 10.1 Å². The summed E-state index contributed by atoms with van der Waals surface area (Å²) in [5, 5.41) is 13.0. The molecule has 2 rings (SSSR count). The Kier molecular flexibility index (Phi) is 5.27. The number of amides is 1. The van der Waals surface area contributed by atoms with Gasteiger partial charge >= 0.3 is 5.97 Å². The zero-order valence-electron chi connectivity index (χ0n) is 11.7. The third-order valence-corrected chi connectivity index (χ3v) is 3.09. The third kappa shape index (κ3) is 4.52. The van der Waals surface area contributed by atoms with Gasteiger partial charge in [-0.05, 0) is 18.2 Å². The zero-order chi connectivity index (χ0) is 16.8. The van der Waals surface area contributed by atoms with Gasteiger partial charge in [0, 0.05) is 12.1 Å². The van der Waals surface area contributed by atoms with E-state index in [4.69, 9.17) is 16.3 Å². The number of benzene rings is 2. The highest BCUT2D eigenvalue weighted by molar-refractivity contribution is 6.34. The van der Waals surface area contributed by atoms with Gasteiger partial charge in [0.1, 0.15) is 0 Å². The average Bonchev–Trinajstić information content (AvgIpc) is 2.55. The van der Waals surface area contributed by atoms with Gasteiger partial charge in [0.2, 0.25) is 0 Å². The molecule has 0 aliphatic heterocycles. The second-order valence-electron chi connectivity index (χ2n) is 4.41. The number of nitro benzene ring substituents is 1. The van der Waals surface area contributed by atoms with Crippen molar-refractivity contribution in [2.24, 2.45) is 0 Å². The minimum absolute atomic E-state index is 0.0157. The number of anilines is 1. The monoisotopic (exact) mass is 334 g/mol. The molecule has 1 amide bonds. The molecule has 0 atom stereocenters. The molecule has 0 radical (unpaired) electrons. The molecule has 0 saturated carbocycles. The van der Waals surface area contributed by atoms with Crippen molar-refractivity contribution in [3.05, 3.63) is 69.2 Å². The molecule has 0 aliphatic carbocycles. The second-order valence-corrected chi connectivity index (χ2v) is 4.82. The van der Waals surface area contributed by atoms with E-state index >= 15 is 0 Å². The number of carbonyl (C=O) groups excluding carboxylic acids is 2. The lowest BCUT2D eigenvalue weighted by Crippen LogP contribution is -2.21. The number of esters is 1. The molecule has 1 N–H and O–H groups in total. The van der Waals surface area contributed by atoms with Gasteiger partial charge in [-0.15, -0.1) is 0 Å². The van der Waals surface area contributed by atoms with Crippen LogP contribution in [-0.2, 0) is 9.53 Å². The first-order valence-corrected chi connectivity index (χ1v) is 6.81. The number of hydrogen-bond acceptors (Lipinski definition) is 5. The first-order chi connectivity index (χ1) is 11.0. The number of nitrogens with zero attached hydrogens (tertiary/aromatic N) is 1. The Morgan fingerprint density at radius 3 is 2.48 bits per heavy atom. The number of rotatable bonds is 5. The van der Waals surface area contributed by atoms with E-state index in [2.05, 4.69) is 5.32 Å². The predicted molar refractivity (Wildman–Crippen MR) is 83.5 cm³/mol. The van der Waals surface area contributed by atoms with Gasteiger partial charge in [-0.2, -0.15) is 0 Å². The van der Waals surface area contributed by atoms with Crippen LogP contribution in [0.3, 0.4) is 0 Å². The summed E-state index contributed by atoms with van der Waals surface area (Å²) in [4.78, 5) is 33.4. The molecule has 0 aliphatic rings. The van der Waals surface area contributed by atoms with Gasteiger partial charge < -0.3 is 10.1 Å². The predicted octanol–water partition coefficient (Wildman–Crippen LogP) is 3.04. The average molecular weight is 335 g/mol. The minimum atomic E-state index is -0.629. The van der Waals surface area contributed by atoms with Gasteiger partial charge in [0.05, 0.1) is 21.2 Å². The van der Waals surface area contributed by atoms with Gasteiger partial charge in [0.25, 0.3) is 11.6 Å². The minimum Gasteiger partial charge on any atom is -0.452 e. The molecule has 0 aromatic heterocycles. The number of carbonyl (C=O) groups is 2. The number of halogens is 1. The van der Waals surface area contributed by atoms with E-state index in [0.717, 1.165) is 6.07 Å². The lowest BCUT2D eigenvalue weighted by molar-refractivity contribution is -0.384. The van der Waals surface area contributed by atoms with Gasteiger partial charge in [-0.25, -0.2) is 4.79 Å². The van der Waals surface area contributed by atoms with E-state index in [1.54, 1.807) is 30.3 Å². The molecule has 8 heteroatoms. The Morgan fingerprint density at radius 1 is 1.17 bits per heavy atom. The van der Waals surface area contributed by atoms with Crippen molar-refractivity contribution in [1.29, 1.82) is 0 Å². The molecule has 0 bridgehead atoms. The van der Waals surface area contributed by atoms with E-state index in [9.17, 15) is 19.7 Å². The van der Waals surface area contributed by atoms with Crippen molar-refractivity contribution in [2.45, 2.75) is 0 Å².